The van der Waals surface area contributed by atoms with E-state index >= 15 is 0 Å². The monoisotopic (exact) mass is 328 g/mol. The molecule has 2 rings (SSSR count). The van der Waals surface area contributed by atoms with E-state index in [0.717, 1.165) is 31.1 Å². The quantitative estimate of drug-likeness (QED) is 0.728. The number of allylic oxidation sites excluding steroid dienone is 1. The lowest BCUT2D eigenvalue weighted by molar-refractivity contribution is -0.137. The number of rotatable bonds is 5. The van der Waals surface area contributed by atoms with Crippen LogP contribution in [-0.4, -0.2) is 11.1 Å². The number of carboxylic acids is 1. The molecule has 0 saturated carbocycles. The van der Waals surface area contributed by atoms with Gasteiger partial charge in [-0.05, 0) is 42.0 Å². The topological polar surface area (TPSA) is 37.3 Å². The third-order valence-electron chi connectivity index (χ3n) is 3.26. The number of benzene rings is 1. The minimum atomic E-state index is -4.37. The number of unbranched alkanes of at least 4 members (excludes halogenated alkanes) is 1. The summed E-state index contributed by atoms with van der Waals surface area (Å²) in [6.45, 7) is 2.00. The number of carboxylic acid groups (broad SMARTS) is 1. The first-order chi connectivity index (χ1) is 10.3. The van der Waals surface area contributed by atoms with E-state index in [1.807, 2.05) is 6.92 Å². The molecule has 0 fully saturated rings. The van der Waals surface area contributed by atoms with Crippen LogP contribution in [0.4, 0.5) is 13.2 Å². The van der Waals surface area contributed by atoms with Gasteiger partial charge in [0, 0.05) is 15.7 Å². The molecule has 1 aromatic carbocycles. The van der Waals surface area contributed by atoms with Gasteiger partial charge in [-0.3, -0.25) is 0 Å². The Hall–Kier alpha value is -1.82. The largest absolute Gasteiger partial charge is 0.478 e. The zero-order chi connectivity index (χ0) is 16.3. The molecule has 6 heteroatoms. The maximum absolute atomic E-state index is 12.7. The van der Waals surface area contributed by atoms with E-state index in [2.05, 4.69) is 0 Å². The van der Waals surface area contributed by atoms with Gasteiger partial charge in [0.15, 0.2) is 0 Å². The molecule has 0 saturated heterocycles. The average molecular weight is 328 g/mol. The minimum absolute atomic E-state index is 0.512. The molecular weight excluding hydrogens is 313 g/mol. The number of carbonyl (C=O) groups is 1. The summed E-state index contributed by atoms with van der Waals surface area (Å²) in [6.07, 6.45) is -0.881. The van der Waals surface area contributed by atoms with Crippen molar-refractivity contribution in [2.75, 3.05) is 0 Å². The lowest BCUT2D eigenvalue weighted by Crippen LogP contribution is -2.03. The Kier molecular flexibility index (Phi) is 4.90. The SMILES string of the molecule is CCCC/C(=C/C(=O)O)c1cc2ccc(C(F)(F)F)cc2s1. The normalized spacial score (nSPS) is 12.8. The maximum Gasteiger partial charge on any atom is 0.416 e. The molecular formula is C16H15F3O2S. The standard InChI is InChI=1S/C16H15F3O2S/c1-2-3-4-10(8-15(20)21)13-7-11-5-6-12(16(17,18)19)9-14(11)22-13/h5-9H,2-4H2,1H3,(H,20,21)/b10-8-. The van der Waals surface area contributed by atoms with E-state index in [0.29, 0.717) is 27.0 Å². The van der Waals surface area contributed by atoms with Gasteiger partial charge in [-0.25, -0.2) is 4.79 Å². The summed E-state index contributed by atoms with van der Waals surface area (Å²) in [4.78, 5) is 11.6. The molecule has 0 atom stereocenters. The van der Waals surface area contributed by atoms with Crippen LogP contribution in [0, 0.1) is 0 Å². The van der Waals surface area contributed by atoms with Crippen molar-refractivity contribution in [3.05, 3.63) is 40.8 Å². The second-order valence-electron chi connectivity index (χ2n) is 4.97. The van der Waals surface area contributed by atoms with Crippen LogP contribution in [0.3, 0.4) is 0 Å². The second-order valence-corrected chi connectivity index (χ2v) is 6.06. The van der Waals surface area contributed by atoms with Gasteiger partial charge in [-0.1, -0.05) is 19.4 Å². The third kappa shape index (κ3) is 3.88. The summed E-state index contributed by atoms with van der Waals surface area (Å²) in [5, 5.41) is 9.64. The van der Waals surface area contributed by atoms with Gasteiger partial charge in [0.05, 0.1) is 5.56 Å². The fourth-order valence-electron chi connectivity index (χ4n) is 2.15. The molecule has 2 nitrogen and oxygen atoms in total. The zero-order valence-electron chi connectivity index (χ0n) is 11.9. The Morgan fingerprint density at radius 3 is 2.64 bits per heavy atom. The van der Waals surface area contributed by atoms with Gasteiger partial charge in [0.2, 0.25) is 0 Å². The first kappa shape index (κ1) is 16.5. The van der Waals surface area contributed by atoms with E-state index in [9.17, 15) is 18.0 Å². The van der Waals surface area contributed by atoms with Gasteiger partial charge in [-0.2, -0.15) is 13.2 Å². The summed E-state index contributed by atoms with van der Waals surface area (Å²) in [5.41, 5.74) is -0.0326. The first-order valence-electron chi connectivity index (χ1n) is 6.86. The molecule has 118 valence electrons. The number of aliphatic carboxylic acids is 1. The molecule has 0 amide bonds. The Labute approximate surface area is 129 Å². The molecule has 1 N–H and O–H groups in total. The fourth-order valence-corrected chi connectivity index (χ4v) is 3.29. The highest BCUT2D eigenvalue weighted by atomic mass is 32.1. The van der Waals surface area contributed by atoms with Gasteiger partial charge >= 0.3 is 12.1 Å². The predicted octanol–water partition coefficient (Wildman–Crippen LogP) is 5.58. The Bertz CT molecular complexity index is 714. The first-order valence-corrected chi connectivity index (χ1v) is 7.67. The highest BCUT2D eigenvalue weighted by Crippen LogP contribution is 2.37. The molecule has 22 heavy (non-hydrogen) atoms. The third-order valence-corrected chi connectivity index (χ3v) is 4.43. The molecule has 0 aliphatic heterocycles. The van der Waals surface area contributed by atoms with Crippen molar-refractivity contribution in [2.24, 2.45) is 0 Å². The summed E-state index contributed by atoms with van der Waals surface area (Å²) >= 11 is 1.20. The Balaban J connectivity index is 2.44. The minimum Gasteiger partial charge on any atom is -0.478 e. The van der Waals surface area contributed by atoms with E-state index in [1.54, 1.807) is 6.07 Å². The average Bonchev–Trinajstić information content (AvgIpc) is 2.84. The summed E-state index contributed by atoms with van der Waals surface area (Å²) < 4.78 is 38.7. The van der Waals surface area contributed by atoms with Crippen molar-refractivity contribution in [3.8, 4) is 0 Å². The smallest absolute Gasteiger partial charge is 0.416 e. The number of alkyl halides is 3. The number of hydrogen-bond acceptors (Lipinski definition) is 2. The molecule has 1 heterocycles. The number of halogens is 3. The van der Waals surface area contributed by atoms with E-state index in [-0.39, 0.29) is 0 Å². The molecule has 0 aliphatic carbocycles. The molecule has 0 aliphatic rings. The highest BCUT2D eigenvalue weighted by molar-refractivity contribution is 7.20. The van der Waals surface area contributed by atoms with Crippen LogP contribution in [0.25, 0.3) is 15.7 Å². The van der Waals surface area contributed by atoms with Gasteiger partial charge in [0.25, 0.3) is 0 Å². The Morgan fingerprint density at radius 2 is 2.05 bits per heavy atom. The fraction of sp³-hybridized carbons (Fsp3) is 0.312. The van der Waals surface area contributed by atoms with Crippen LogP contribution in [0.2, 0.25) is 0 Å². The number of thiophene rings is 1. The van der Waals surface area contributed by atoms with E-state index < -0.39 is 17.7 Å². The lowest BCUT2D eigenvalue weighted by Gasteiger charge is -2.05. The van der Waals surface area contributed by atoms with Crippen LogP contribution in [-0.2, 0) is 11.0 Å². The summed E-state index contributed by atoms with van der Waals surface area (Å²) in [7, 11) is 0. The van der Waals surface area contributed by atoms with Crippen LogP contribution < -0.4 is 0 Å². The molecule has 0 bridgehead atoms. The molecule has 1 aromatic heterocycles. The number of hydrogen-bond donors (Lipinski definition) is 1. The second kappa shape index (κ2) is 6.52. The van der Waals surface area contributed by atoms with Gasteiger partial charge in [-0.15, -0.1) is 11.3 Å². The van der Waals surface area contributed by atoms with Crippen molar-refractivity contribution in [1.82, 2.24) is 0 Å². The predicted molar refractivity (Wildman–Crippen MR) is 82.0 cm³/mol. The zero-order valence-corrected chi connectivity index (χ0v) is 12.7. The van der Waals surface area contributed by atoms with Crippen LogP contribution in [0.1, 0.15) is 36.6 Å². The number of fused-ring (bicyclic) bond motifs is 1. The van der Waals surface area contributed by atoms with E-state index in [4.69, 9.17) is 5.11 Å². The van der Waals surface area contributed by atoms with Crippen molar-refractivity contribution in [1.29, 1.82) is 0 Å². The Morgan fingerprint density at radius 1 is 1.32 bits per heavy atom. The summed E-state index contributed by atoms with van der Waals surface area (Å²) in [6, 6.07) is 5.34. The van der Waals surface area contributed by atoms with Crippen molar-refractivity contribution in [3.63, 3.8) is 0 Å². The lowest BCUT2D eigenvalue weighted by atomic mass is 10.1. The van der Waals surface area contributed by atoms with Crippen LogP contribution >= 0.6 is 11.3 Å². The molecule has 0 spiro atoms. The van der Waals surface area contributed by atoms with Crippen molar-refractivity contribution < 1.29 is 23.1 Å². The van der Waals surface area contributed by atoms with Crippen molar-refractivity contribution in [2.45, 2.75) is 32.4 Å². The highest BCUT2D eigenvalue weighted by Gasteiger charge is 2.30. The summed E-state index contributed by atoms with van der Waals surface area (Å²) in [5.74, 6) is -1.04. The van der Waals surface area contributed by atoms with Gasteiger partial charge < -0.3 is 5.11 Å². The van der Waals surface area contributed by atoms with Crippen LogP contribution in [0.15, 0.2) is 30.3 Å². The molecule has 0 unspecified atom stereocenters. The molecule has 2 aromatic rings. The van der Waals surface area contributed by atoms with Crippen molar-refractivity contribution >= 4 is 33.0 Å². The van der Waals surface area contributed by atoms with E-state index in [1.165, 1.54) is 17.4 Å². The molecule has 0 radical (unpaired) electrons. The van der Waals surface area contributed by atoms with Crippen LogP contribution in [0.5, 0.6) is 0 Å². The van der Waals surface area contributed by atoms with Gasteiger partial charge in [0.1, 0.15) is 0 Å². The maximum atomic E-state index is 12.7.